The molecule has 4 heterocycles. The molecule has 0 saturated carbocycles. The van der Waals surface area contributed by atoms with Gasteiger partial charge in [0.2, 0.25) is 0 Å². The third-order valence-electron chi connectivity index (χ3n) is 5.48. The minimum absolute atomic E-state index is 0.00692. The van der Waals surface area contributed by atoms with E-state index in [1.165, 1.54) is 11.3 Å². The quantitative estimate of drug-likeness (QED) is 0.584. The van der Waals surface area contributed by atoms with Crippen molar-refractivity contribution in [2.24, 2.45) is 7.05 Å². The molecule has 2 N–H and O–H groups in total. The van der Waals surface area contributed by atoms with E-state index in [4.69, 9.17) is 11.6 Å². The molecule has 4 rings (SSSR count). The summed E-state index contributed by atoms with van der Waals surface area (Å²) in [5.41, 5.74) is 2.23. The van der Waals surface area contributed by atoms with Gasteiger partial charge < -0.3 is 10.6 Å². The molecule has 0 bridgehead atoms. The summed E-state index contributed by atoms with van der Waals surface area (Å²) in [7, 11) is 1.79. The molecular formula is C19H20ClF3N6OS. The van der Waals surface area contributed by atoms with E-state index in [-0.39, 0.29) is 29.5 Å². The fraction of sp³-hybridized carbons (Fsp3) is 0.421. The summed E-state index contributed by atoms with van der Waals surface area (Å²) in [6.45, 7) is 3.85. The topological polar surface area (TPSA) is 76.8 Å². The third-order valence-corrected chi connectivity index (χ3v) is 6.83. The number of aromatic nitrogens is 4. The summed E-state index contributed by atoms with van der Waals surface area (Å²) in [6.07, 6.45) is -4.79. The Hall–Kier alpha value is -2.53. The average molecular weight is 473 g/mol. The molecule has 1 aliphatic rings. The first kappa shape index (κ1) is 21.7. The monoisotopic (exact) mass is 472 g/mol. The van der Waals surface area contributed by atoms with Crippen molar-refractivity contribution < 1.29 is 18.0 Å². The first-order valence-corrected chi connectivity index (χ1v) is 10.8. The molecule has 3 aromatic heterocycles. The number of hydrogen-bond acceptors (Lipinski definition) is 5. The van der Waals surface area contributed by atoms with Gasteiger partial charge in [0.25, 0.3) is 5.91 Å². The van der Waals surface area contributed by atoms with Crippen LogP contribution in [0.5, 0.6) is 0 Å². The maximum atomic E-state index is 13.8. The first-order chi connectivity index (χ1) is 14.6. The van der Waals surface area contributed by atoms with Gasteiger partial charge in [-0.05, 0) is 25.3 Å². The zero-order valence-corrected chi connectivity index (χ0v) is 18.5. The Kier molecular flexibility index (Phi) is 5.50. The third kappa shape index (κ3) is 3.91. The Morgan fingerprint density at radius 2 is 2.13 bits per heavy atom. The molecule has 3 aromatic rings. The number of amides is 1. The predicted octanol–water partition coefficient (Wildman–Crippen LogP) is 4.54. The Morgan fingerprint density at radius 1 is 1.39 bits per heavy atom. The van der Waals surface area contributed by atoms with Gasteiger partial charge >= 0.3 is 6.18 Å². The molecule has 7 nitrogen and oxygen atoms in total. The fourth-order valence-corrected chi connectivity index (χ4v) is 4.79. The van der Waals surface area contributed by atoms with Crippen molar-refractivity contribution in [2.45, 2.75) is 45.1 Å². The van der Waals surface area contributed by atoms with Crippen LogP contribution in [0.4, 0.5) is 19.0 Å². The minimum atomic E-state index is -4.54. The smallest absolute Gasteiger partial charge is 0.361 e. The van der Waals surface area contributed by atoms with Gasteiger partial charge in [-0.25, -0.2) is 4.68 Å². The number of nitrogens with one attached hydrogen (secondary N) is 2. The van der Waals surface area contributed by atoms with Crippen LogP contribution in [0.1, 0.15) is 50.8 Å². The van der Waals surface area contributed by atoms with E-state index in [1.807, 2.05) is 13.8 Å². The summed E-state index contributed by atoms with van der Waals surface area (Å²) in [5, 5.41) is 15.6. The van der Waals surface area contributed by atoms with E-state index in [9.17, 15) is 18.0 Å². The molecule has 1 amide bonds. The second kappa shape index (κ2) is 7.86. The van der Waals surface area contributed by atoms with Crippen molar-refractivity contribution in [1.82, 2.24) is 24.9 Å². The number of carbonyl (C=O) groups is 1. The van der Waals surface area contributed by atoms with Gasteiger partial charge in [-0.2, -0.15) is 23.4 Å². The number of alkyl halides is 3. The maximum Gasteiger partial charge on any atom is 0.410 e. The molecule has 1 aliphatic heterocycles. The summed E-state index contributed by atoms with van der Waals surface area (Å²) < 4.78 is 43.9. The van der Waals surface area contributed by atoms with Gasteiger partial charge in [0.1, 0.15) is 10.8 Å². The largest absolute Gasteiger partial charge is 0.410 e. The molecule has 12 heteroatoms. The molecule has 0 aliphatic carbocycles. The van der Waals surface area contributed by atoms with E-state index >= 15 is 0 Å². The van der Waals surface area contributed by atoms with E-state index in [1.54, 1.807) is 29.2 Å². The normalized spacial score (nSPS) is 18.5. The second-order valence-electron chi connectivity index (χ2n) is 7.42. The first-order valence-electron chi connectivity index (χ1n) is 9.49. The molecule has 166 valence electrons. The van der Waals surface area contributed by atoms with Crippen molar-refractivity contribution >= 4 is 34.7 Å². The molecular weight excluding hydrogens is 453 g/mol. The number of carbonyl (C=O) groups excluding carboxylic acids is 1. The van der Waals surface area contributed by atoms with Gasteiger partial charge in [0.05, 0.1) is 11.7 Å². The van der Waals surface area contributed by atoms with Crippen LogP contribution in [0.2, 0.25) is 5.02 Å². The number of aryl methyl sites for hydroxylation is 2. The minimum Gasteiger partial charge on any atom is -0.361 e. The van der Waals surface area contributed by atoms with Crippen LogP contribution in [-0.4, -0.2) is 31.6 Å². The van der Waals surface area contributed by atoms with E-state index in [0.29, 0.717) is 0 Å². The summed E-state index contributed by atoms with van der Waals surface area (Å²) in [5.74, 6) is -0.655. The highest BCUT2D eigenvalue weighted by Gasteiger charge is 2.48. The molecule has 0 unspecified atom stereocenters. The summed E-state index contributed by atoms with van der Waals surface area (Å²) >= 11 is 7.70. The number of hydrogen-bond donors (Lipinski definition) is 2. The lowest BCUT2D eigenvalue weighted by Crippen LogP contribution is -2.35. The van der Waals surface area contributed by atoms with Crippen LogP contribution in [0.25, 0.3) is 0 Å². The Bertz CT molecular complexity index is 1120. The predicted molar refractivity (Wildman–Crippen MR) is 111 cm³/mol. The van der Waals surface area contributed by atoms with Crippen LogP contribution < -0.4 is 10.6 Å². The standard InChI is InChI=1S/C19H20ClF3N6OS/c1-9-11(10(2)28(3)26-9)8-24-18(30)16-15(20)17-25-12(13-5-4-6-31-13)7-14(19(21,22)23)29(17)27-16/h4-6,12,14,25H,7-8H2,1-3H3,(H,24,30)/t12-,14+/m1/s1. The highest BCUT2D eigenvalue weighted by Crippen LogP contribution is 2.46. The number of anilines is 1. The Labute approximate surface area is 185 Å². The zero-order chi connectivity index (χ0) is 22.5. The molecule has 0 spiro atoms. The van der Waals surface area contributed by atoms with Crippen LogP contribution >= 0.6 is 22.9 Å². The molecule has 0 saturated heterocycles. The van der Waals surface area contributed by atoms with Gasteiger partial charge in [-0.15, -0.1) is 11.3 Å². The van der Waals surface area contributed by atoms with Crippen LogP contribution in [0.3, 0.4) is 0 Å². The van der Waals surface area contributed by atoms with Gasteiger partial charge in [0.15, 0.2) is 11.7 Å². The summed E-state index contributed by atoms with van der Waals surface area (Å²) in [6, 6.07) is 1.07. The van der Waals surface area contributed by atoms with Crippen molar-refractivity contribution in [3.05, 3.63) is 50.1 Å². The highest BCUT2D eigenvalue weighted by atomic mass is 35.5. The number of nitrogens with zero attached hydrogens (tertiary/aromatic N) is 4. The SMILES string of the molecule is Cc1nn(C)c(C)c1CNC(=O)c1nn2c(c1Cl)N[C@@H](c1cccs1)C[C@H]2C(F)(F)F. The van der Waals surface area contributed by atoms with E-state index < -0.39 is 24.2 Å². The van der Waals surface area contributed by atoms with Crippen molar-refractivity contribution in [3.8, 4) is 0 Å². The second-order valence-corrected chi connectivity index (χ2v) is 8.77. The van der Waals surface area contributed by atoms with Gasteiger partial charge in [-0.3, -0.25) is 9.48 Å². The lowest BCUT2D eigenvalue weighted by Gasteiger charge is -2.32. The zero-order valence-electron chi connectivity index (χ0n) is 16.9. The summed E-state index contributed by atoms with van der Waals surface area (Å²) in [4.78, 5) is 13.5. The van der Waals surface area contributed by atoms with Gasteiger partial charge in [-0.1, -0.05) is 17.7 Å². The molecule has 31 heavy (non-hydrogen) atoms. The molecule has 0 aromatic carbocycles. The van der Waals surface area contributed by atoms with Crippen LogP contribution in [-0.2, 0) is 13.6 Å². The average Bonchev–Trinajstić information content (AvgIpc) is 3.40. The number of fused-ring (bicyclic) bond motifs is 1. The number of thiophene rings is 1. The fourth-order valence-electron chi connectivity index (χ4n) is 3.74. The molecule has 0 fully saturated rings. The van der Waals surface area contributed by atoms with Crippen molar-refractivity contribution in [3.63, 3.8) is 0 Å². The Balaban J connectivity index is 1.63. The number of rotatable bonds is 4. The van der Waals surface area contributed by atoms with E-state index in [0.717, 1.165) is 26.5 Å². The Morgan fingerprint density at radius 3 is 2.71 bits per heavy atom. The van der Waals surface area contributed by atoms with Crippen molar-refractivity contribution in [2.75, 3.05) is 5.32 Å². The maximum absolute atomic E-state index is 13.8. The highest BCUT2D eigenvalue weighted by molar-refractivity contribution is 7.10. The molecule has 0 radical (unpaired) electrons. The lowest BCUT2D eigenvalue weighted by molar-refractivity contribution is -0.173. The van der Waals surface area contributed by atoms with Crippen LogP contribution in [0.15, 0.2) is 17.5 Å². The lowest BCUT2D eigenvalue weighted by atomic mass is 10.0. The van der Waals surface area contributed by atoms with Crippen LogP contribution in [0, 0.1) is 13.8 Å². The van der Waals surface area contributed by atoms with Crippen molar-refractivity contribution in [1.29, 1.82) is 0 Å². The van der Waals surface area contributed by atoms with E-state index in [2.05, 4.69) is 20.8 Å². The van der Waals surface area contributed by atoms with Gasteiger partial charge in [0, 0.05) is 36.1 Å². The number of halogens is 4. The molecule has 2 atom stereocenters.